The van der Waals surface area contributed by atoms with Crippen LogP contribution in [0.15, 0.2) is 48.7 Å². The van der Waals surface area contributed by atoms with Gasteiger partial charge in [0, 0.05) is 11.3 Å². The summed E-state index contributed by atoms with van der Waals surface area (Å²) in [5, 5.41) is 6.68. The summed E-state index contributed by atoms with van der Waals surface area (Å²) in [4.78, 5) is 16.5. The molecule has 0 unspecified atom stereocenters. The third kappa shape index (κ3) is 5.43. The molecule has 0 amide bonds. The van der Waals surface area contributed by atoms with Gasteiger partial charge in [-0.15, -0.1) is 12.8 Å². The predicted molar refractivity (Wildman–Crippen MR) is 148 cm³/mol. The molecule has 0 fully saturated rings. The highest BCUT2D eigenvalue weighted by Crippen LogP contribution is 2.35. The fraction of sp³-hybridized carbons (Fsp3) is 0.333. The highest BCUT2D eigenvalue weighted by Gasteiger charge is 2.21. The van der Waals surface area contributed by atoms with Crippen LogP contribution in [-0.4, -0.2) is 33.5 Å². The first-order valence-electron chi connectivity index (χ1n) is 12.7. The first-order valence-corrected chi connectivity index (χ1v) is 12.7. The van der Waals surface area contributed by atoms with Crippen LogP contribution in [0.4, 0.5) is 0 Å². The van der Waals surface area contributed by atoms with E-state index in [4.69, 9.17) is 4.98 Å². The number of imidazole rings is 2. The van der Waals surface area contributed by atoms with E-state index >= 15 is 0 Å². The Bertz CT molecular complexity index is 1290. The van der Waals surface area contributed by atoms with Crippen LogP contribution in [0, 0.1) is 12.8 Å². The average Bonchev–Trinajstić information content (AvgIpc) is 3.54. The fourth-order valence-electron chi connectivity index (χ4n) is 4.67. The van der Waals surface area contributed by atoms with Crippen LogP contribution in [0.1, 0.15) is 55.6 Å². The number of hydrogen-bond donors (Lipinski definition) is 4. The number of benzene rings is 2. The topological polar surface area (TPSA) is 81.4 Å². The van der Waals surface area contributed by atoms with Crippen molar-refractivity contribution in [2.24, 2.45) is 0 Å². The molecule has 0 saturated carbocycles. The van der Waals surface area contributed by atoms with Crippen LogP contribution in [0.3, 0.4) is 0 Å². The molecule has 4 N–H and O–H groups in total. The van der Waals surface area contributed by atoms with E-state index in [9.17, 15) is 0 Å². The van der Waals surface area contributed by atoms with E-state index in [2.05, 4.69) is 94.7 Å². The number of terminal acetylenes is 1. The largest absolute Gasteiger partial charge is 0.344 e. The lowest BCUT2D eigenvalue weighted by Gasteiger charge is -2.10. The van der Waals surface area contributed by atoms with Crippen LogP contribution >= 0.6 is 0 Å². The van der Waals surface area contributed by atoms with Gasteiger partial charge >= 0.3 is 0 Å². The molecule has 2 aromatic heterocycles. The molecular weight excluding hydrogens is 444 g/mol. The number of H-pyrrole nitrogens is 2. The van der Waals surface area contributed by atoms with Gasteiger partial charge in [-0.3, -0.25) is 0 Å². The average molecular weight is 481 g/mol. The molecule has 1 atom stereocenters. The Kier molecular flexibility index (Phi) is 8.37. The fourth-order valence-corrected chi connectivity index (χ4v) is 4.67. The minimum Gasteiger partial charge on any atom is -0.344 e. The van der Waals surface area contributed by atoms with Crippen molar-refractivity contribution in [1.82, 2.24) is 30.6 Å². The summed E-state index contributed by atoms with van der Waals surface area (Å²) in [6, 6.07) is 15.8. The van der Waals surface area contributed by atoms with E-state index < -0.39 is 0 Å². The Hall–Kier alpha value is -3.66. The predicted octanol–water partition coefficient (Wildman–Crippen LogP) is 5.65. The second-order valence-electron chi connectivity index (χ2n) is 9.18. The number of nitrogens with zero attached hydrogens (tertiary/aromatic N) is 2. The lowest BCUT2D eigenvalue weighted by Crippen LogP contribution is -2.14. The third-order valence-corrected chi connectivity index (χ3v) is 6.75. The van der Waals surface area contributed by atoms with Crippen LogP contribution in [0.25, 0.3) is 33.6 Å². The van der Waals surface area contributed by atoms with Crippen LogP contribution in [0.5, 0.6) is 0 Å². The summed E-state index contributed by atoms with van der Waals surface area (Å²) in [6.45, 7) is 6.08. The van der Waals surface area contributed by atoms with Gasteiger partial charge < -0.3 is 20.6 Å². The van der Waals surface area contributed by atoms with E-state index in [1.54, 1.807) is 0 Å². The molecule has 36 heavy (non-hydrogen) atoms. The molecular formula is C30H36N6. The summed E-state index contributed by atoms with van der Waals surface area (Å²) >= 11 is 0. The molecule has 0 bridgehead atoms. The van der Waals surface area contributed by atoms with Crippen LogP contribution < -0.4 is 10.6 Å². The van der Waals surface area contributed by atoms with Crippen LogP contribution in [-0.2, 0) is 19.4 Å². The van der Waals surface area contributed by atoms with Crippen LogP contribution in [0.2, 0.25) is 0 Å². The van der Waals surface area contributed by atoms with Crippen molar-refractivity contribution in [3.8, 4) is 46.5 Å². The van der Waals surface area contributed by atoms with Crippen molar-refractivity contribution in [2.45, 2.75) is 52.1 Å². The zero-order valence-corrected chi connectivity index (χ0v) is 21.5. The molecule has 5 rings (SSSR count). The number of aryl methyl sites for hydroxylation is 2. The number of aromatic amines is 2. The molecule has 0 radical (unpaired) electrons. The van der Waals surface area contributed by atoms with Gasteiger partial charge in [-0.1, -0.05) is 49.4 Å². The summed E-state index contributed by atoms with van der Waals surface area (Å²) < 4.78 is 0. The summed E-state index contributed by atoms with van der Waals surface area (Å²) in [5.41, 5.74) is 9.72. The molecule has 0 aliphatic heterocycles. The molecule has 6 heteroatoms. The molecule has 0 saturated heterocycles. The standard InChI is InChI=1S/C28H34N6.C2H2/c1-4-14-30-17-26-31-16-25(32-26)20-10-8-19(9-11-20)21-12-13-23-22(15-21)6-5-7-24-27(23)34-28(33-24)18(2)29-3;1-2/h8-13,15-16,18,29-30H,4-7,14,17H2,1-3H3,(H,31,32)(H,33,34);1-2H/t18-;/m0./s1. The van der Waals surface area contributed by atoms with Gasteiger partial charge in [0.1, 0.15) is 11.6 Å². The normalized spacial score (nSPS) is 13.1. The maximum absolute atomic E-state index is 4.96. The summed E-state index contributed by atoms with van der Waals surface area (Å²) in [6.07, 6.45) is 14.3. The zero-order chi connectivity index (χ0) is 25.5. The number of aromatic nitrogens is 4. The summed E-state index contributed by atoms with van der Waals surface area (Å²) in [7, 11) is 1.97. The van der Waals surface area contributed by atoms with Gasteiger partial charge in [0.2, 0.25) is 0 Å². The molecule has 4 aromatic rings. The molecule has 2 heterocycles. The number of nitrogens with one attached hydrogen (secondary N) is 4. The first-order chi connectivity index (χ1) is 17.7. The Morgan fingerprint density at radius 3 is 2.50 bits per heavy atom. The minimum atomic E-state index is 0.215. The first kappa shape index (κ1) is 25.4. The molecule has 2 aromatic carbocycles. The Labute approximate surface area is 214 Å². The maximum Gasteiger partial charge on any atom is 0.123 e. The van der Waals surface area contributed by atoms with Crippen molar-refractivity contribution in [3.63, 3.8) is 0 Å². The van der Waals surface area contributed by atoms with Gasteiger partial charge in [0.25, 0.3) is 0 Å². The Balaban J connectivity index is 0.00000148. The molecule has 186 valence electrons. The second-order valence-corrected chi connectivity index (χ2v) is 9.18. The van der Waals surface area contributed by atoms with Crippen molar-refractivity contribution in [2.75, 3.05) is 13.6 Å². The number of rotatable bonds is 8. The quantitative estimate of drug-likeness (QED) is 0.194. The second kappa shape index (κ2) is 11.9. The molecule has 0 spiro atoms. The molecule has 1 aliphatic rings. The SMILES string of the molecule is C#C.CCCNCc1ncc(-c2ccc(-c3ccc4c(c3)CCCc3[nH]c([C@H](C)NC)nc3-4)cc2)[nH]1. The van der Waals surface area contributed by atoms with Crippen molar-refractivity contribution >= 4 is 0 Å². The van der Waals surface area contributed by atoms with Gasteiger partial charge in [0.05, 0.1) is 30.2 Å². The lowest BCUT2D eigenvalue weighted by atomic mass is 9.95. The zero-order valence-electron chi connectivity index (χ0n) is 21.5. The van der Waals surface area contributed by atoms with Crippen molar-refractivity contribution < 1.29 is 0 Å². The van der Waals surface area contributed by atoms with Gasteiger partial charge in [-0.25, -0.2) is 9.97 Å². The van der Waals surface area contributed by atoms with E-state index in [0.29, 0.717) is 0 Å². The third-order valence-electron chi connectivity index (χ3n) is 6.75. The molecule has 1 aliphatic carbocycles. The Morgan fingerprint density at radius 2 is 1.75 bits per heavy atom. The van der Waals surface area contributed by atoms with Gasteiger partial charge in [-0.05, 0) is 68.5 Å². The highest BCUT2D eigenvalue weighted by molar-refractivity contribution is 5.75. The molecule has 6 nitrogen and oxygen atoms in total. The Morgan fingerprint density at radius 1 is 1.00 bits per heavy atom. The van der Waals surface area contributed by atoms with E-state index in [1.807, 2.05) is 13.2 Å². The number of fused-ring (bicyclic) bond motifs is 3. The van der Waals surface area contributed by atoms with E-state index in [0.717, 1.165) is 67.4 Å². The van der Waals surface area contributed by atoms with Crippen molar-refractivity contribution in [3.05, 3.63) is 71.6 Å². The lowest BCUT2D eigenvalue weighted by molar-refractivity contribution is 0.615. The van der Waals surface area contributed by atoms with E-state index in [1.165, 1.54) is 27.9 Å². The number of hydrogen-bond acceptors (Lipinski definition) is 4. The van der Waals surface area contributed by atoms with Gasteiger partial charge in [-0.2, -0.15) is 0 Å². The monoisotopic (exact) mass is 480 g/mol. The van der Waals surface area contributed by atoms with Gasteiger partial charge in [0.15, 0.2) is 0 Å². The van der Waals surface area contributed by atoms with Crippen molar-refractivity contribution in [1.29, 1.82) is 0 Å². The smallest absolute Gasteiger partial charge is 0.123 e. The van der Waals surface area contributed by atoms with E-state index in [-0.39, 0.29) is 6.04 Å². The summed E-state index contributed by atoms with van der Waals surface area (Å²) in [5.74, 6) is 1.99. The maximum atomic E-state index is 4.96. The highest BCUT2D eigenvalue weighted by atomic mass is 15.0. The minimum absolute atomic E-state index is 0.215.